The highest BCUT2D eigenvalue weighted by atomic mass is 32.2. The monoisotopic (exact) mass is 430 g/mol. The quantitative estimate of drug-likeness (QED) is 0.520. The normalized spacial score (nSPS) is 19.8. The van der Waals surface area contributed by atoms with Gasteiger partial charge in [-0.15, -0.1) is 0 Å². The molecule has 0 radical (unpaired) electrons. The van der Waals surface area contributed by atoms with E-state index in [1.54, 1.807) is 7.11 Å². The minimum absolute atomic E-state index is 0.246. The molecule has 0 unspecified atom stereocenters. The Bertz CT molecular complexity index is 829. The molecular weight excluding hydrogens is 396 g/mol. The summed E-state index contributed by atoms with van der Waals surface area (Å²) < 4.78 is 5.37. The molecule has 2 atom stereocenters. The van der Waals surface area contributed by atoms with Crippen molar-refractivity contribution in [3.05, 3.63) is 36.0 Å². The van der Waals surface area contributed by atoms with Crippen LogP contribution in [-0.4, -0.2) is 59.2 Å². The van der Waals surface area contributed by atoms with Crippen molar-refractivity contribution in [1.82, 2.24) is 9.88 Å². The third-order valence-corrected chi connectivity index (χ3v) is 7.29. The molecule has 2 aromatic rings. The van der Waals surface area contributed by atoms with E-state index in [0.29, 0.717) is 6.54 Å². The Morgan fingerprint density at radius 3 is 2.97 bits per heavy atom. The number of carboxylic acid groups (broad SMARTS) is 1. The molecule has 1 fully saturated rings. The number of methoxy groups -OCH3 is 1. The number of benzene rings is 1. The van der Waals surface area contributed by atoms with Crippen molar-refractivity contribution >= 4 is 28.6 Å². The number of thioether (sulfide) groups is 1. The van der Waals surface area contributed by atoms with E-state index in [0.717, 1.165) is 61.2 Å². The van der Waals surface area contributed by atoms with Gasteiger partial charge in [0.2, 0.25) is 0 Å². The number of hydrogen-bond acceptors (Lipinski definition) is 5. The molecule has 2 heterocycles. The number of nitrogens with zero attached hydrogens (tertiary/aromatic N) is 2. The largest absolute Gasteiger partial charge is 0.497 e. The molecule has 0 spiro atoms. The first-order valence-electron chi connectivity index (χ1n) is 11.1. The average molecular weight is 431 g/mol. The summed E-state index contributed by atoms with van der Waals surface area (Å²) >= 11 is 1.97. The number of pyridine rings is 1. The maximum atomic E-state index is 11.9. The summed E-state index contributed by atoms with van der Waals surface area (Å²) in [5, 5.41) is 10.9. The zero-order chi connectivity index (χ0) is 21.3. The van der Waals surface area contributed by atoms with Gasteiger partial charge < -0.3 is 14.7 Å². The van der Waals surface area contributed by atoms with E-state index in [-0.39, 0.29) is 11.8 Å². The predicted octanol–water partition coefficient (Wildman–Crippen LogP) is 4.73. The van der Waals surface area contributed by atoms with Gasteiger partial charge in [-0.2, -0.15) is 11.8 Å². The number of piperidine rings is 1. The van der Waals surface area contributed by atoms with Gasteiger partial charge in [0.15, 0.2) is 0 Å². The van der Waals surface area contributed by atoms with Crippen molar-refractivity contribution in [1.29, 1.82) is 0 Å². The molecule has 0 amide bonds. The summed E-state index contributed by atoms with van der Waals surface area (Å²) in [4.78, 5) is 18.7. The molecule has 0 aliphatic carbocycles. The Hall–Kier alpha value is -1.79. The maximum absolute atomic E-state index is 11.9. The number of aryl methyl sites for hydroxylation is 1. The Morgan fingerprint density at radius 1 is 1.33 bits per heavy atom. The molecule has 30 heavy (non-hydrogen) atoms. The number of hydrogen-bond donors (Lipinski definition) is 1. The molecule has 0 saturated carbocycles. The lowest BCUT2D eigenvalue weighted by Crippen LogP contribution is -2.44. The zero-order valence-electron chi connectivity index (χ0n) is 18.2. The first-order chi connectivity index (χ1) is 14.6. The molecule has 5 nitrogen and oxygen atoms in total. The van der Waals surface area contributed by atoms with E-state index in [1.807, 2.05) is 36.2 Å². The third-order valence-electron chi connectivity index (χ3n) is 6.12. The van der Waals surface area contributed by atoms with Gasteiger partial charge in [0.25, 0.3) is 0 Å². The van der Waals surface area contributed by atoms with Crippen LogP contribution in [0.3, 0.4) is 0 Å². The highest BCUT2D eigenvalue weighted by Gasteiger charge is 2.33. The molecule has 1 aromatic heterocycles. The molecule has 164 valence electrons. The van der Waals surface area contributed by atoms with Crippen LogP contribution in [0, 0.1) is 11.8 Å². The van der Waals surface area contributed by atoms with Crippen molar-refractivity contribution in [2.24, 2.45) is 11.8 Å². The number of aliphatic carboxylic acids is 1. The number of rotatable bonds is 11. The maximum Gasteiger partial charge on any atom is 0.308 e. The SMILES string of the molecule is CCCSCCN1CC[C@@H](CCCc2ccnc3ccc(OC)cc23)[C@@H](C(=O)O)C1. The molecule has 3 rings (SSSR count). The van der Waals surface area contributed by atoms with E-state index in [2.05, 4.69) is 22.9 Å². The average Bonchev–Trinajstić information content (AvgIpc) is 2.77. The van der Waals surface area contributed by atoms with E-state index in [1.165, 1.54) is 17.7 Å². The van der Waals surface area contributed by atoms with Gasteiger partial charge in [0.05, 0.1) is 18.5 Å². The highest BCUT2D eigenvalue weighted by Crippen LogP contribution is 2.30. The van der Waals surface area contributed by atoms with Crippen LogP contribution in [0.2, 0.25) is 0 Å². The van der Waals surface area contributed by atoms with Crippen molar-refractivity contribution in [3.63, 3.8) is 0 Å². The van der Waals surface area contributed by atoms with Crippen LogP contribution in [0.1, 0.15) is 38.2 Å². The smallest absolute Gasteiger partial charge is 0.308 e. The number of ether oxygens (including phenoxy) is 1. The van der Waals surface area contributed by atoms with E-state index >= 15 is 0 Å². The Labute approximate surface area is 184 Å². The molecule has 6 heteroatoms. The van der Waals surface area contributed by atoms with Crippen LogP contribution in [0.4, 0.5) is 0 Å². The van der Waals surface area contributed by atoms with Crippen LogP contribution < -0.4 is 4.74 Å². The van der Waals surface area contributed by atoms with Crippen LogP contribution in [0.15, 0.2) is 30.5 Å². The molecule has 0 bridgehead atoms. The fourth-order valence-corrected chi connectivity index (χ4v) is 5.30. The Balaban J connectivity index is 1.55. The summed E-state index contributed by atoms with van der Waals surface area (Å²) in [5.74, 6) is 2.52. The number of carboxylic acids is 1. The van der Waals surface area contributed by atoms with Crippen LogP contribution in [-0.2, 0) is 11.2 Å². The molecule has 1 aromatic carbocycles. The third kappa shape index (κ3) is 6.11. The second kappa shape index (κ2) is 11.6. The number of carbonyl (C=O) groups is 1. The number of likely N-dealkylation sites (tertiary alicyclic amines) is 1. The Kier molecular flexibility index (Phi) is 8.82. The van der Waals surface area contributed by atoms with Gasteiger partial charge in [-0.1, -0.05) is 6.92 Å². The molecular formula is C24H34N2O3S. The second-order valence-electron chi connectivity index (χ2n) is 8.15. The summed E-state index contributed by atoms with van der Waals surface area (Å²) in [5.41, 5.74) is 2.24. The predicted molar refractivity (Wildman–Crippen MR) is 125 cm³/mol. The highest BCUT2D eigenvalue weighted by molar-refractivity contribution is 7.99. The van der Waals surface area contributed by atoms with Crippen molar-refractivity contribution in [2.75, 3.05) is 38.2 Å². The van der Waals surface area contributed by atoms with Gasteiger partial charge in [-0.3, -0.25) is 9.78 Å². The second-order valence-corrected chi connectivity index (χ2v) is 9.38. The summed E-state index contributed by atoms with van der Waals surface area (Å²) in [6.07, 6.45) is 6.94. The van der Waals surface area contributed by atoms with Crippen molar-refractivity contribution in [3.8, 4) is 5.75 Å². The molecule has 1 saturated heterocycles. The fraction of sp³-hybridized carbons (Fsp3) is 0.583. The van der Waals surface area contributed by atoms with Gasteiger partial charge in [0.1, 0.15) is 5.75 Å². The van der Waals surface area contributed by atoms with E-state index < -0.39 is 5.97 Å². The van der Waals surface area contributed by atoms with Gasteiger partial charge >= 0.3 is 5.97 Å². The van der Waals surface area contributed by atoms with E-state index in [4.69, 9.17) is 4.74 Å². The summed E-state index contributed by atoms with van der Waals surface area (Å²) in [7, 11) is 1.68. The van der Waals surface area contributed by atoms with Crippen molar-refractivity contribution in [2.45, 2.75) is 39.0 Å². The molecule has 1 N–H and O–H groups in total. The lowest BCUT2D eigenvalue weighted by Gasteiger charge is -2.36. The van der Waals surface area contributed by atoms with Crippen LogP contribution in [0.25, 0.3) is 10.9 Å². The first kappa shape index (κ1) is 22.9. The van der Waals surface area contributed by atoms with E-state index in [9.17, 15) is 9.90 Å². The number of fused-ring (bicyclic) bond motifs is 1. The minimum atomic E-state index is -0.634. The lowest BCUT2D eigenvalue weighted by molar-refractivity contribution is -0.146. The summed E-state index contributed by atoms with van der Waals surface area (Å²) in [6, 6.07) is 8.05. The topological polar surface area (TPSA) is 62.7 Å². The van der Waals surface area contributed by atoms with Gasteiger partial charge in [-0.05, 0) is 80.1 Å². The standard InChI is InChI=1S/C24H34N2O3S/c1-3-14-30-15-13-26-12-10-19(22(17-26)24(27)28)6-4-5-18-9-11-25-23-8-7-20(29-2)16-21(18)23/h7-9,11,16,19,22H,3-6,10,12-15,17H2,1-2H3,(H,27,28)/t19-,22+/m1/s1. The number of aromatic nitrogens is 1. The fourth-order valence-electron chi connectivity index (χ4n) is 4.42. The van der Waals surface area contributed by atoms with Gasteiger partial charge in [-0.25, -0.2) is 0 Å². The van der Waals surface area contributed by atoms with Crippen molar-refractivity contribution < 1.29 is 14.6 Å². The van der Waals surface area contributed by atoms with Crippen LogP contribution >= 0.6 is 11.8 Å². The zero-order valence-corrected chi connectivity index (χ0v) is 19.0. The summed E-state index contributed by atoms with van der Waals surface area (Å²) in [6.45, 7) is 4.93. The Morgan fingerprint density at radius 2 is 2.20 bits per heavy atom. The minimum Gasteiger partial charge on any atom is -0.497 e. The van der Waals surface area contributed by atoms with Crippen LogP contribution in [0.5, 0.6) is 5.75 Å². The lowest BCUT2D eigenvalue weighted by atomic mass is 9.81. The first-order valence-corrected chi connectivity index (χ1v) is 12.2. The molecule has 1 aliphatic rings. The van der Waals surface area contributed by atoms with Gasteiger partial charge in [0, 0.05) is 30.4 Å². The molecule has 1 aliphatic heterocycles.